The van der Waals surface area contributed by atoms with Crippen LogP contribution in [0.25, 0.3) is 6.08 Å². The van der Waals surface area contributed by atoms with E-state index in [-0.39, 0.29) is 5.92 Å². The normalized spacial score (nSPS) is 21.6. The molecule has 5 nitrogen and oxygen atoms in total. The van der Waals surface area contributed by atoms with Gasteiger partial charge in [-0.3, -0.25) is 4.90 Å². The fraction of sp³-hybridized carbons (Fsp3) is 0.556. The number of rotatable bonds is 5. The molecule has 0 radical (unpaired) electrons. The summed E-state index contributed by atoms with van der Waals surface area (Å²) in [6.07, 6.45) is 5.55. The zero-order chi connectivity index (χ0) is 17.2. The van der Waals surface area contributed by atoms with Gasteiger partial charge in [0.15, 0.2) is 11.5 Å². The Morgan fingerprint density at radius 1 is 1.38 bits per heavy atom. The van der Waals surface area contributed by atoms with Crippen molar-refractivity contribution in [3.63, 3.8) is 0 Å². The monoisotopic (exact) mass is 351 g/mol. The molecule has 0 aromatic heterocycles. The first-order valence-electron chi connectivity index (χ1n) is 8.34. The molecule has 132 valence electrons. The molecule has 24 heavy (non-hydrogen) atoms. The number of benzene rings is 1. The Morgan fingerprint density at radius 2 is 2.21 bits per heavy atom. The van der Waals surface area contributed by atoms with Crippen LogP contribution in [0.2, 0.25) is 0 Å². The summed E-state index contributed by atoms with van der Waals surface area (Å²) in [4.78, 5) is 2.35. The number of methoxy groups -OCH3 is 1. The molecule has 0 amide bonds. The second-order valence-electron chi connectivity index (χ2n) is 6.81. The quantitative estimate of drug-likeness (QED) is 0.814. The van der Waals surface area contributed by atoms with Gasteiger partial charge in [0, 0.05) is 24.9 Å². The first-order chi connectivity index (χ1) is 11.4. The number of hydrogen-bond donors (Lipinski definition) is 0. The first kappa shape index (κ1) is 17.3. The van der Waals surface area contributed by atoms with E-state index in [0.29, 0.717) is 12.4 Å². The van der Waals surface area contributed by atoms with E-state index in [1.54, 1.807) is 7.11 Å². The lowest BCUT2D eigenvalue weighted by Crippen LogP contribution is -2.39. The molecule has 2 aliphatic heterocycles. The van der Waals surface area contributed by atoms with E-state index in [1.165, 1.54) is 11.8 Å². The van der Waals surface area contributed by atoms with Crippen LogP contribution in [0.5, 0.6) is 11.5 Å². The van der Waals surface area contributed by atoms with Crippen molar-refractivity contribution in [3.05, 3.63) is 29.3 Å². The van der Waals surface area contributed by atoms with E-state index in [9.17, 15) is 8.42 Å². The van der Waals surface area contributed by atoms with Gasteiger partial charge in [0.25, 0.3) is 0 Å². The van der Waals surface area contributed by atoms with Crippen molar-refractivity contribution < 1.29 is 17.9 Å². The lowest BCUT2D eigenvalue weighted by atomic mass is 9.99. The van der Waals surface area contributed by atoms with Gasteiger partial charge in [0.2, 0.25) is 0 Å². The molecule has 0 spiro atoms. The molecular formula is C18H25NO4S. The fourth-order valence-electron chi connectivity index (χ4n) is 3.63. The Labute approximate surface area is 144 Å². The highest BCUT2D eigenvalue weighted by Gasteiger charge is 2.24. The third-order valence-electron chi connectivity index (χ3n) is 4.56. The Morgan fingerprint density at radius 3 is 2.96 bits per heavy atom. The average Bonchev–Trinajstić information content (AvgIpc) is 2.52. The van der Waals surface area contributed by atoms with Gasteiger partial charge < -0.3 is 9.47 Å². The number of likely N-dealkylation sites (tertiary alicyclic amines) is 1. The van der Waals surface area contributed by atoms with Crippen LogP contribution in [-0.4, -0.2) is 58.7 Å². The maximum Gasteiger partial charge on any atom is 0.168 e. The van der Waals surface area contributed by atoms with Crippen molar-refractivity contribution in [2.45, 2.75) is 12.8 Å². The van der Waals surface area contributed by atoms with Crippen molar-refractivity contribution in [2.24, 2.45) is 5.92 Å². The van der Waals surface area contributed by atoms with E-state index in [1.807, 2.05) is 18.2 Å². The van der Waals surface area contributed by atoms with Crippen LogP contribution >= 0.6 is 0 Å². The van der Waals surface area contributed by atoms with Gasteiger partial charge in [-0.05, 0) is 43.0 Å². The van der Waals surface area contributed by atoms with Crippen LogP contribution in [-0.2, 0) is 9.84 Å². The summed E-state index contributed by atoms with van der Waals surface area (Å²) in [5.41, 5.74) is 2.26. The molecule has 0 saturated carbocycles. The van der Waals surface area contributed by atoms with Gasteiger partial charge in [-0.15, -0.1) is 0 Å². The average molecular weight is 351 g/mol. The fourth-order valence-corrected chi connectivity index (χ4v) is 4.75. The highest BCUT2D eigenvalue weighted by atomic mass is 32.2. The van der Waals surface area contributed by atoms with Crippen molar-refractivity contribution in [2.75, 3.05) is 45.4 Å². The summed E-state index contributed by atoms with van der Waals surface area (Å²) in [5.74, 6) is 2.09. The third-order valence-corrected chi connectivity index (χ3v) is 5.64. The van der Waals surface area contributed by atoms with Crippen LogP contribution in [0.3, 0.4) is 0 Å². The summed E-state index contributed by atoms with van der Waals surface area (Å²) in [6.45, 7) is 3.25. The summed E-state index contributed by atoms with van der Waals surface area (Å²) in [6, 6.07) is 5.89. The number of nitrogens with zero attached hydrogens (tertiary/aromatic N) is 1. The molecule has 1 fully saturated rings. The van der Waals surface area contributed by atoms with Crippen LogP contribution in [0.1, 0.15) is 18.4 Å². The number of ether oxygens (including phenoxy) is 2. The van der Waals surface area contributed by atoms with E-state index < -0.39 is 9.84 Å². The molecule has 1 unspecified atom stereocenters. The Balaban J connectivity index is 1.67. The summed E-state index contributed by atoms with van der Waals surface area (Å²) in [7, 11) is -1.26. The van der Waals surface area contributed by atoms with Gasteiger partial charge in [-0.25, -0.2) is 8.42 Å². The summed E-state index contributed by atoms with van der Waals surface area (Å²) < 4.78 is 34.3. The predicted molar refractivity (Wildman–Crippen MR) is 95.3 cm³/mol. The number of para-hydroxylation sites is 1. The van der Waals surface area contributed by atoms with Crippen molar-refractivity contribution in [1.29, 1.82) is 0 Å². The van der Waals surface area contributed by atoms with Gasteiger partial charge >= 0.3 is 0 Å². The Kier molecular flexibility index (Phi) is 5.15. The van der Waals surface area contributed by atoms with E-state index in [4.69, 9.17) is 9.47 Å². The Hall–Kier alpha value is -1.53. The molecule has 2 heterocycles. The van der Waals surface area contributed by atoms with Crippen molar-refractivity contribution >= 4 is 15.9 Å². The second-order valence-corrected chi connectivity index (χ2v) is 8.99. The van der Waals surface area contributed by atoms with Gasteiger partial charge in [0.1, 0.15) is 16.4 Å². The summed E-state index contributed by atoms with van der Waals surface area (Å²) in [5, 5.41) is 0. The topological polar surface area (TPSA) is 55.8 Å². The van der Waals surface area contributed by atoms with Gasteiger partial charge in [-0.2, -0.15) is 0 Å². The lowest BCUT2D eigenvalue weighted by molar-refractivity contribution is 0.192. The lowest BCUT2D eigenvalue weighted by Gasteiger charge is -2.33. The van der Waals surface area contributed by atoms with Gasteiger partial charge in [0.05, 0.1) is 12.9 Å². The highest BCUT2D eigenvalue weighted by Crippen LogP contribution is 2.35. The van der Waals surface area contributed by atoms with E-state index in [0.717, 1.165) is 49.5 Å². The smallest absolute Gasteiger partial charge is 0.168 e. The number of hydrogen-bond acceptors (Lipinski definition) is 5. The minimum atomic E-state index is -2.91. The molecule has 0 aliphatic carbocycles. The molecule has 1 atom stereocenters. The second kappa shape index (κ2) is 7.15. The molecule has 2 aliphatic rings. The number of fused-ring (bicyclic) bond motifs is 1. The molecular weight excluding hydrogens is 326 g/mol. The molecule has 0 N–H and O–H groups in total. The van der Waals surface area contributed by atoms with Crippen LogP contribution in [0, 0.1) is 5.92 Å². The van der Waals surface area contributed by atoms with Gasteiger partial charge in [-0.1, -0.05) is 12.1 Å². The largest absolute Gasteiger partial charge is 0.493 e. The zero-order valence-electron chi connectivity index (χ0n) is 14.3. The minimum absolute atomic E-state index is 0.242. The van der Waals surface area contributed by atoms with Crippen LogP contribution in [0.4, 0.5) is 0 Å². The van der Waals surface area contributed by atoms with Crippen LogP contribution in [0.15, 0.2) is 23.8 Å². The van der Waals surface area contributed by atoms with E-state index >= 15 is 0 Å². The minimum Gasteiger partial charge on any atom is -0.493 e. The molecule has 6 heteroatoms. The standard InChI is InChI=1S/C18H25NO4S/c1-22-17-7-3-6-16-9-15(12-23-18(16)17)11-19-8-4-5-14(10-19)13-24(2,20)21/h3,6-7,9,14H,4-5,8,10-13H2,1-2H3. The number of piperidine rings is 1. The molecule has 3 rings (SSSR count). The zero-order valence-corrected chi connectivity index (χ0v) is 15.1. The maximum absolute atomic E-state index is 11.5. The third kappa shape index (κ3) is 4.30. The van der Waals surface area contributed by atoms with Crippen molar-refractivity contribution in [3.8, 4) is 11.5 Å². The maximum atomic E-state index is 11.5. The van der Waals surface area contributed by atoms with Crippen molar-refractivity contribution in [1.82, 2.24) is 4.90 Å². The predicted octanol–water partition coefficient (Wildman–Crippen LogP) is 2.23. The number of sulfone groups is 1. The highest BCUT2D eigenvalue weighted by molar-refractivity contribution is 7.90. The SMILES string of the molecule is COc1cccc2c1OCC(CN1CCCC(CS(C)(=O)=O)C1)=C2. The Bertz CT molecular complexity index is 727. The van der Waals surface area contributed by atoms with Crippen LogP contribution < -0.4 is 9.47 Å². The molecule has 0 bridgehead atoms. The van der Waals surface area contributed by atoms with E-state index in [2.05, 4.69) is 11.0 Å². The summed E-state index contributed by atoms with van der Waals surface area (Å²) >= 11 is 0. The molecule has 1 saturated heterocycles. The molecule has 1 aromatic rings. The molecule has 1 aromatic carbocycles. The first-order valence-corrected chi connectivity index (χ1v) is 10.4.